The van der Waals surface area contributed by atoms with E-state index in [2.05, 4.69) is 0 Å². The fourth-order valence-corrected chi connectivity index (χ4v) is 5.32. The first kappa shape index (κ1) is 33.9. The zero-order valence-electron chi connectivity index (χ0n) is 25.5. The number of benzene rings is 2. The molecular weight excluding hydrogens is 628 g/mol. The summed E-state index contributed by atoms with van der Waals surface area (Å²) < 4.78 is 39.5. The maximum Gasteiger partial charge on any atom is 0.303 e. The maximum atomic E-state index is 14.0. The number of aliphatic hydroxyl groups excluding tert-OH is 4. The van der Waals surface area contributed by atoms with E-state index in [9.17, 15) is 45.0 Å². The van der Waals surface area contributed by atoms with Gasteiger partial charge in [0.05, 0.1) is 12.2 Å². The number of carbonyl (C=O) groups excluding carboxylic acids is 2. The Hall–Kier alpha value is -4.45. The van der Waals surface area contributed by atoms with Crippen LogP contribution in [0.3, 0.4) is 0 Å². The van der Waals surface area contributed by atoms with Crippen molar-refractivity contribution in [3.05, 3.63) is 46.6 Å². The normalized spacial score (nSPS) is 30.8. The number of hydrogen-bond donors (Lipinski definition) is 6. The minimum Gasteiger partial charge on any atom is -0.508 e. The minimum absolute atomic E-state index is 0.113. The smallest absolute Gasteiger partial charge is 0.303 e. The first-order chi connectivity index (χ1) is 22.2. The molecule has 3 heterocycles. The lowest BCUT2D eigenvalue weighted by Crippen LogP contribution is -2.61. The SMILES string of the molecule is CC(=O)O[C@@H]1[C@@H](O)[C@H](C)O[C@H](Oc2c(-c3ccc(O)cc3)oc3cc(O[C@@H]4O[C@H](C)[C@H](O)[C@@H](O)[C@H]4O)cc(O)c3c2=O)[C@@H]1OC(C)=O. The predicted molar refractivity (Wildman–Crippen MR) is 156 cm³/mol. The standard InChI is InChI=1S/C31H34O16/c1-11-21(36)24(39)25(40)30(41-11)45-17-9-18(35)20-19(10-17)46-26(15-5-7-16(34)8-6-15)28(23(20)38)47-31-29(44-14(4)33)27(43-13(3)32)22(37)12(2)42-31/h5-12,21-22,24-25,27,29-31,34-37,39-40H,1-4H3/t11-,12+,21+,22+,24-,25-,27-,29-,30+,31-/m1/s1. The van der Waals surface area contributed by atoms with E-state index in [4.69, 9.17) is 32.8 Å². The van der Waals surface area contributed by atoms with Crippen LogP contribution < -0.4 is 14.9 Å². The summed E-state index contributed by atoms with van der Waals surface area (Å²) in [7, 11) is 0. The highest BCUT2D eigenvalue weighted by atomic mass is 16.7. The molecule has 0 spiro atoms. The number of esters is 2. The molecule has 2 aromatic carbocycles. The monoisotopic (exact) mass is 662 g/mol. The number of aromatic hydroxyl groups is 2. The van der Waals surface area contributed by atoms with Crippen LogP contribution in [0, 0.1) is 0 Å². The summed E-state index contributed by atoms with van der Waals surface area (Å²) in [6.07, 6.45) is -14.2. The second kappa shape index (κ2) is 13.3. The lowest BCUT2D eigenvalue weighted by Gasteiger charge is -2.41. The van der Waals surface area contributed by atoms with Gasteiger partial charge in [0.15, 0.2) is 11.9 Å². The van der Waals surface area contributed by atoms with Crippen LogP contribution in [-0.4, -0.2) is 104 Å². The van der Waals surface area contributed by atoms with Crippen LogP contribution in [0.25, 0.3) is 22.3 Å². The van der Waals surface area contributed by atoms with Gasteiger partial charge < -0.3 is 63.5 Å². The summed E-state index contributed by atoms with van der Waals surface area (Å²) in [6.45, 7) is 5.04. The van der Waals surface area contributed by atoms with Gasteiger partial charge in [-0.2, -0.15) is 0 Å². The van der Waals surface area contributed by atoms with Crippen molar-refractivity contribution in [3.63, 3.8) is 0 Å². The Morgan fingerprint density at radius 1 is 0.745 bits per heavy atom. The van der Waals surface area contributed by atoms with Gasteiger partial charge in [-0.3, -0.25) is 14.4 Å². The van der Waals surface area contributed by atoms with Gasteiger partial charge in [0.2, 0.25) is 29.9 Å². The largest absolute Gasteiger partial charge is 0.508 e. The molecule has 2 fully saturated rings. The minimum atomic E-state index is -1.67. The average molecular weight is 663 g/mol. The average Bonchev–Trinajstić information content (AvgIpc) is 3.00. The van der Waals surface area contributed by atoms with Crippen molar-refractivity contribution in [1.29, 1.82) is 0 Å². The molecule has 0 unspecified atom stereocenters. The molecular formula is C31H34O16. The summed E-state index contributed by atoms with van der Waals surface area (Å²) in [5.41, 5.74) is -0.974. The number of rotatable bonds is 7. The fraction of sp³-hybridized carbons (Fsp3) is 0.452. The lowest BCUT2D eigenvalue weighted by atomic mass is 9.99. The Balaban J connectivity index is 1.61. The third kappa shape index (κ3) is 6.83. The molecule has 16 heteroatoms. The van der Waals surface area contributed by atoms with Gasteiger partial charge in [0.25, 0.3) is 0 Å². The Kier molecular flexibility index (Phi) is 9.63. The van der Waals surface area contributed by atoms with E-state index in [-0.39, 0.29) is 28.4 Å². The van der Waals surface area contributed by atoms with Gasteiger partial charge in [0, 0.05) is 31.5 Å². The van der Waals surface area contributed by atoms with Gasteiger partial charge in [0.1, 0.15) is 52.6 Å². The van der Waals surface area contributed by atoms with Crippen LogP contribution in [0.4, 0.5) is 0 Å². The Labute approximate surface area is 266 Å². The molecule has 3 aromatic rings. The summed E-state index contributed by atoms with van der Waals surface area (Å²) in [6, 6.07) is 7.62. The van der Waals surface area contributed by atoms with Crippen molar-refractivity contribution in [2.24, 2.45) is 0 Å². The van der Waals surface area contributed by atoms with Gasteiger partial charge >= 0.3 is 11.9 Å². The second-order valence-corrected chi connectivity index (χ2v) is 11.2. The molecule has 1 aromatic heterocycles. The Bertz CT molecular complexity index is 1690. The molecule has 254 valence electrons. The first-order valence-corrected chi connectivity index (χ1v) is 14.5. The molecule has 0 bridgehead atoms. The van der Waals surface area contributed by atoms with Crippen molar-refractivity contribution in [3.8, 4) is 34.3 Å². The number of phenolic OH excluding ortho intramolecular Hbond substituents is 2. The van der Waals surface area contributed by atoms with E-state index in [1.54, 1.807) is 0 Å². The van der Waals surface area contributed by atoms with E-state index in [1.807, 2.05) is 0 Å². The van der Waals surface area contributed by atoms with Crippen LogP contribution >= 0.6 is 0 Å². The summed E-state index contributed by atoms with van der Waals surface area (Å²) in [4.78, 5) is 37.9. The predicted octanol–water partition coefficient (Wildman–Crippen LogP) is 0.425. The van der Waals surface area contributed by atoms with Crippen LogP contribution in [0.1, 0.15) is 27.7 Å². The van der Waals surface area contributed by atoms with Gasteiger partial charge in [-0.25, -0.2) is 0 Å². The molecule has 2 saturated heterocycles. The molecule has 10 atom stereocenters. The Morgan fingerprint density at radius 3 is 1.98 bits per heavy atom. The molecule has 5 rings (SSSR count). The van der Waals surface area contributed by atoms with Gasteiger partial charge in [-0.1, -0.05) is 0 Å². The number of aliphatic hydroxyl groups is 4. The fourth-order valence-electron chi connectivity index (χ4n) is 5.32. The maximum absolute atomic E-state index is 14.0. The van der Waals surface area contributed by atoms with Crippen LogP contribution in [0.5, 0.6) is 23.0 Å². The topological polar surface area (TPSA) is 241 Å². The van der Waals surface area contributed by atoms with Crippen molar-refractivity contribution < 1.29 is 73.1 Å². The van der Waals surface area contributed by atoms with E-state index in [0.717, 1.165) is 19.9 Å². The molecule has 0 saturated carbocycles. The quantitative estimate of drug-likeness (QED) is 0.188. The highest BCUT2D eigenvalue weighted by Gasteiger charge is 2.50. The summed E-state index contributed by atoms with van der Waals surface area (Å²) in [5.74, 6) is -3.36. The number of carbonyl (C=O) groups is 2. The summed E-state index contributed by atoms with van der Waals surface area (Å²) in [5, 5.41) is 61.7. The summed E-state index contributed by atoms with van der Waals surface area (Å²) >= 11 is 0. The second-order valence-electron chi connectivity index (χ2n) is 11.2. The number of ether oxygens (including phenoxy) is 6. The van der Waals surface area contributed by atoms with Crippen LogP contribution in [-0.2, 0) is 28.5 Å². The number of fused-ring (bicyclic) bond motifs is 1. The Morgan fingerprint density at radius 2 is 1.34 bits per heavy atom. The molecule has 0 radical (unpaired) electrons. The van der Waals surface area contributed by atoms with Gasteiger partial charge in [-0.15, -0.1) is 0 Å². The van der Waals surface area contributed by atoms with E-state index in [1.165, 1.54) is 44.2 Å². The van der Waals surface area contributed by atoms with Gasteiger partial charge in [-0.05, 0) is 38.1 Å². The molecule has 6 N–H and O–H groups in total. The first-order valence-electron chi connectivity index (χ1n) is 14.5. The number of phenols is 2. The molecule has 16 nitrogen and oxygen atoms in total. The highest BCUT2D eigenvalue weighted by molar-refractivity contribution is 5.88. The van der Waals surface area contributed by atoms with Crippen molar-refractivity contribution >= 4 is 22.9 Å². The van der Waals surface area contributed by atoms with Crippen molar-refractivity contribution in [2.45, 2.75) is 89.1 Å². The molecule has 47 heavy (non-hydrogen) atoms. The third-order valence-electron chi connectivity index (χ3n) is 7.69. The van der Waals surface area contributed by atoms with Crippen molar-refractivity contribution in [2.75, 3.05) is 0 Å². The van der Waals surface area contributed by atoms with Crippen LogP contribution in [0.2, 0.25) is 0 Å². The zero-order chi connectivity index (χ0) is 34.3. The lowest BCUT2D eigenvalue weighted by molar-refractivity contribution is -0.277. The van der Waals surface area contributed by atoms with E-state index < -0.39 is 95.7 Å². The molecule has 2 aliphatic rings. The highest BCUT2D eigenvalue weighted by Crippen LogP contribution is 2.39. The molecule has 0 amide bonds. The number of hydrogen-bond acceptors (Lipinski definition) is 16. The third-order valence-corrected chi connectivity index (χ3v) is 7.69. The zero-order valence-corrected chi connectivity index (χ0v) is 25.5. The molecule has 0 aliphatic carbocycles. The molecule has 2 aliphatic heterocycles. The van der Waals surface area contributed by atoms with E-state index >= 15 is 0 Å². The van der Waals surface area contributed by atoms with Crippen molar-refractivity contribution in [1.82, 2.24) is 0 Å². The van der Waals surface area contributed by atoms with Crippen LogP contribution in [0.15, 0.2) is 45.6 Å². The van der Waals surface area contributed by atoms with E-state index in [0.29, 0.717) is 0 Å².